The molecule has 4 rings (SSSR count). The first-order valence-electron chi connectivity index (χ1n) is 14.0. The van der Waals surface area contributed by atoms with Gasteiger partial charge in [0.2, 0.25) is 11.8 Å². The summed E-state index contributed by atoms with van der Waals surface area (Å²) < 4.78 is 6.34. The van der Waals surface area contributed by atoms with E-state index in [0.29, 0.717) is 30.6 Å². The number of aliphatic hydroxyl groups excluding tert-OH is 1. The van der Waals surface area contributed by atoms with Crippen molar-refractivity contribution in [2.45, 2.75) is 51.7 Å². The largest absolute Gasteiger partial charge is 0.472 e. The lowest BCUT2D eigenvalue weighted by atomic mass is 9.99. The predicted octanol–water partition coefficient (Wildman–Crippen LogP) is 3.04. The molecule has 1 saturated heterocycles. The molecule has 3 atom stereocenters. The van der Waals surface area contributed by atoms with Gasteiger partial charge in [-0.05, 0) is 51.1 Å². The number of nitrogens with zero attached hydrogens (tertiary/aromatic N) is 4. The van der Waals surface area contributed by atoms with Crippen molar-refractivity contribution >= 4 is 11.8 Å². The van der Waals surface area contributed by atoms with E-state index < -0.39 is 0 Å². The summed E-state index contributed by atoms with van der Waals surface area (Å²) in [6.45, 7) is 7.34. The average molecular weight is 533 g/mol. The van der Waals surface area contributed by atoms with Crippen molar-refractivity contribution in [3.8, 4) is 17.7 Å². The number of aliphatic hydroxyl groups is 1. The molecule has 39 heavy (non-hydrogen) atoms. The van der Waals surface area contributed by atoms with Crippen LogP contribution in [0.1, 0.15) is 61.0 Å². The van der Waals surface area contributed by atoms with Crippen LogP contribution in [-0.2, 0) is 4.79 Å². The van der Waals surface area contributed by atoms with Crippen LogP contribution in [0.15, 0.2) is 42.6 Å². The van der Waals surface area contributed by atoms with Crippen LogP contribution in [0.25, 0.3) is 0 Å². The van der Waals surface area contributed by atoms with Crippen molar-refractivity contribution in [1.29, 1.82) is 0 Å². The molecule has 2 aliphatic heterocycles. The van der Waals surface area contributed by atoms with Gasteiger partial charge in [0.05, 0.1) is 19.2 Å². The molecule has 0 spiro atoms. The number of carbonyl (C=O) groups excluding carboxylic acids is 2. The van der Waals surface area contributed by atoms with Gasteiger partial charge in [0.1, 0.15) is 11.7 Å². The Kier molecular flexibility index (Phi) is 9.96. The summed E-state index contributed by atoms with van der Waals surface area (Å²) in [4.78, 5) is 36.9. The van der Waals surface area contributed by atoms with Gasteiger partial charge in [0.15, 0.2) is 0 Å². The van der Waals surface area contributed by atoms with Crippen molar-refractivity contribution < 1.29 is 19.4 Å². The topological polar surface area (TPSA) is 86.2 Å². The van der Waals surface area contributed by atoms with E-state index in [1.807, 2.05) is 51.2 Å². The fourth-order valence-electron chi connectivity index (χ4n) is 5.05. The van der Waals surface area contributed by atoms with Gasteiger partial charge in [-0.15, -0.1) is 0 Å². The molecule has 2 amide bonds. The smallest absolute Gasteiger partial charge is 0.259 e. The first-order chi connectivity index (χ1) is 18.9. The number of hydrogen-bond acceptors (Lipinski definition) is 6. The summed E-state index contributed by atoms with van der Waals surface area (Å²) in [6.07, 6.45) is 5.38. The highest BCUT2D eigenvalue weighted by Gasteiger charge is 2.34. The molecule has 1 fully saturated rings. The molecule has 0 radical (unpaired) electrons. The molecule has 0 saturated carbocycles. The minimum Gasteiger partial charge on any atom is -0.472 e. The molecule has 2 aliphatic rings. The van der Waals surface area contributed by atoms with Crippen LogP contribution >= 0.6 is 0 Å². The van der Waals surface area contributed by atoms with Crippen LogP contribution in [0.4, 0.5) is 0 Å². The van der Waals surface area contributed by atoms with E-state index in [-0.39, 0.29) is 42.4 Å². The zero-order chi connectivity index (χ0) is 27.8. The lowest BCUT2D eigenvalue weighted by Crippen LogP contribution is -2.50. The summed E-state index contributed by atoms with van der Waals surface area (Å²) >= 11 is 0. The summed E-state index contributed by atoms with van der Waals surface area (Å²) in [5, 5.41) is 9.90. The number of amides is 2. The van der Waals surface area contributed by atoms with Gasteiger partial charge in [-0.2, -0.15) is 0 Å². The number of aromatic nitrogens is 1. The third kappa shape index (κ3) is 7.59. The van der Waals surface area contributed by atoms with Crippen LogP contribution in [0.3, 0.4) is 0 Å². The summed E-state index contributed by atoms with van der Waals surface area (Å²) in [6, 6.07) is 10.9. The molecular formula is C31H40N4O4. The molecule has 8 nitrogen and oxygen atoms in total. The van der Waals surface area contributed by atoms with Crippen LogP contribution in [0, 0.1) is 17.8 Å². The average Bonchev–Trinajstić information content (AvgIpc) is 2.97. The van der Waals surface area contributed by atoms with Crippen LogP contribution in [0.2, 0.25) is 0 Å². The third-order valence-corrected chi connectivity index (χ3v) is 7.62. The zero-order valence-corrected chi connectivity index (χ0v) is 23.3. The van der Waals surface area contributed by atoms with E-state index in [2.05, 4.69) is 21.7 Å². The van der Waals surface area contributed by atoms with Crippen molar-refractivity contribution in [3.05, 3.63) is 59.3 Å². The molecule has 1 aromatic heterocycles. The maximum atomic E-state index is 13.6. The molecule has 0 aliphatic carbocycles. The first-order valence-corrected chi connectivity index (χ1v) is 14.0. The Hall–Kier alpha value is -3.41. The number of hydrogen-bond donors (Lipinski definition) is 1. The number of rotatable bonds is 7. The van der Waals surface area contributed by atoms with Crippen LogP contribution in [-0.4, -0.2) is 95.1 Å². The molecular weight excluding hydrogens is 492 g/mol. The summed E-state index contributed by atoms with van der Waals surface area (Å²) in [7, 11) is 1.81. The molecule has 0 bridgehead atoms. The molecule has 208 valence electrons. The van der Waals surface area contributed by atoms with Gasteiger partial charge in [-0.3, -0.25) is 9.59 Å². The Morgan fingerprint density at radius 1 is 1.18 bits per heavy atom. The number of carbonyl (C=O) groups is 2. The normalized spacial score (nSPS) is 20.5. The quantitative estimate of drug-likeness (QED) is 0.552. The number of benzene rings is 1. The Morgan fingerprint density at radius 2 is 1.90 bits per heavy atom. The second-order valence-electron chi connectivity index (χ2n) is 10.7. The lowest BCUT2D eigenvalue weighted by Gasteiger charge is -2.37. The van der Waals surface area contributed by atoms with Gasteiger partial charge < -0.3 is 24.5 Å². The van der Waals surface area contributed by atoms with Gasteiger partial charge in [-0.25, -0.2) is 4.98 Å². The number of piperidine rings is 1. The minimum atomic E-state index is -0.380. The number of fused-ring (bicyclic) bond motifs is 1. The summed E-state index contributed by atoms with van der Waals surface area (Å²) in [5.74, 6) is 6.16. The molecule has 1 aromatic carbocycles. The Bertz CT molecular complexity index is 1190. The zero-order valence-electron chi connectivity index (χ0n) is 23.3. The standard InChI is InChI=1S/C31H40N4O4/c1-23-20-35(24(2)22-36)31(38)27-18-26(13-12-25-10-6-4-7-11-25)19-32-30(27)39-28(23)21-33(3)29(37)14-17-34-15-8-5-9-16-34/h4,6-7,10-11,18-19,23-24,28,36H,5,8-9,14-17,20-22H2,1-3H3/t23-,24+,28+/m0/s1. The van der Waals surface area contributed by atoms with E-state index in [0.717, 1.165) is 25.2 Å². The lowest BCUT2D eigenvalue weighted by molar-refractivity contribution is -0.131. The third-order valence-electron chi connectivity index (χ3n) is 7.62. The number of pyridine rings is 1. The number of likely N-dealkylation sites (N-methyl/N-ethyl adjacent to an activating group) is 1. The van der Waals surface area contributed by atoms with Gasteiger partial charge in [0, 0.05) is 49.8 Å². The molecule has 1 N–H and O–H groups in total. The highest BCUT2D eigenvalue weighted by Crippen LogP contribution is 2.27. The van der Waals surface area contributed by atoms with Crippen molar-refractivity contribution in [2.24, 2.45) is 5.92 Å². The van der Waals surface area contributed by atoms with E-state index >= 15 is 0 Å². The minimum absolute atomic E-state index is 0.0785. The Morgan fingerprint density at radius 3 is 2.62 bits per heavy atom. The van der Waals surface area contributed by atoms with Gasteiger partial charge in [0.25, 0.3) is 5.91 Å². The molecule has 0 unspecified atom stereocenters. The van der Waals surface area contributed by atoms with E-state index in [1.165, 1.54) is 19.3 Å². The van der Waals surface area contributed by atoms with E-state index in [9.17, 15) is 14.7 Å². The Labute approximate surface area is 232 Å². The fraction of sp³-hybridized carbons (Fsp3) is 0.516. The first kappa shape index (κ1) is 28.6. The highest BCUT2D eigenvalue weighted by atomic mass is 16.5. The number of ether oxygens (including phenoxy) is 1. The van der Waals surface area contributed by atoms with Crippen molar-refractivity contribution in [3.63, 3.8) is 0 Å². The molecule has 8 heteroatoms. The second-order valence-corrected chi connectivity index (χ2v) is 10.7. The van der Waals surface area contributed by atoms with E-state index in [1.54, 1.807) is 22.1 Å². The SMILES string of the molecule is C[C@H](CO)N1C[C@H](C)[C@@H](CN(C)C(=O)CCN2CCCCC2)Oc2ncc(C#Cc3ccccc3)cc2C1=O. The highest BCUT2D eigenvalue weighted by molar-refractivity contribution is 5.97. The monoisotopic (exact) mass is 532 g/mol. The Balaban J connectivity index is 1.54. The number of likely N-dealkylation sites (tertiary alicyclic amines) is 1. The van der Waals surface area contributed by atoms with Gasteiger partial charge >= 0.3 is 0 Å². The van der Waals surface area contributed by atoms with E-state index in [4.69, 9.17) is 4.74 Å². The molecule has 2 aromatic rings. The van der Waals surface area contributed by atoms with Crippen LogP contribution < -0.4 is 4.74 Å². The second kappa shape index (κ2) is 13.6. The van der Waals surface area contributed by atoms with Gasteiger partial charge in [-0.1, -0.05) is 43.4 Å². The van der Waals surface area contributed by atoms with Crippen LogP contribution in [0.5, 0.6) is 5.88 Å². The van der Waals surface area contributed by atoms with Crippen molar-refractivity contribution in [2.75, 3.05) is 46.4 Å². The van der Waals surface area contributed by atoms with Crippen molar-refractivity contribution in [1.82, 2.24) is 19.7 Å². The predicted molar refractivity (Wildman–Crippen MR) is 150 cm³/mol. The maximum Gasteiger partial charge on any atom is 0.259 e. The molecule has 3 heterocycles. The maximum absolute atomic E-state index is 13.6. The fourth-order valence-corrected chi connectivity index (χ4v) is 5.05. The summed E-state index contributed by atoms with van der Waals surface area (Å²) in [5.41, 5.74) is 1.77.